The van der Waals surface area contributed by atoms with Crippen LogP contribution in [-0.4, -0.2) is 360 Å². The van der Waals surface area contributed by atoms with Crippen LogP contribution in [0.4, 0.5) is 0 Å². The van der Waals surface area contributed by atoms with Crippen LogP contribution in [-0.2, 0) is 56.8 Å². The largest absolute Gasteiger partial charge is 0.394 e. The molecule has 10 rings (SSSR count). The maximum atomic E-state index is 13.1. The van der Waals surface area contributed by atoms with Gasteiger partial charge in [-0.05, 0) is 106 Å². The Bertz CT molecular complexity index is 2690. The molecule has 0 bridgehead atoms. The number of allylic oxidation sites excluding steroid dienone is 1. The molecule has 34 heteroatoms. The van der Waals surface area contributed by atoms with Gasteiger partial charge < -0.3 is 169 Å². The van der Waals surface area contributed by atoms with E-state index in [0.717, 1.165) is 24.8 Å². The summed E-state index contributed by atoms with van der Waals surface area (Å²) in [6.45, 7) is 11.2. The second-order valence-corrected chi connectivity index (χ2v) is 31.6. The van der Waals surface area contributed by atoms with E-state index in [2.05, 4.69) is 33.8 Å². The highest BCUT2D eigenvalue weighted by Crippen LogP contribution is 2.76. The number of ether oxygens (including phenoxy) is 12. The Kier molecular flexibility index (Phi) is 26.1. The van der Waals surface area contributed by atoms with Gasteiger partial charge in [0.1, 0.15) is 146 Å². The lowest BCUT2D eigenvalue weighted by molar-refractivity contribution is -0.380. The molecule has 0 radical (unpaired) electrons. The highest BCUT2D eigenvalue weighted by atomic mass is 16.8. The van der Waals surface area contributed by atoms with Crippen molar-refractivity contribution in [1.82, 2.24) is 0 Å². The Morgan fingerprint density at radius 2 is 0.891 bits per heavy atom. The van der Waals surface area contributed by atoms with Crippen molar-refractivity contribution in [2.45, 2.75) is 321 Å². The number of fused-ring (bicyclic) bond motifs is 5. The van der Waals surface area contributed by atoms with E-state index in [1.807, 2.05) is 13.8 Å². The van der Waals surface area contributed by atoms with Crippen LogP contribution in [0.1, 0.15) is 113 Å². The van der Waals surface area contributed by atoms with Gasteiger partial charge in [0.2, 0.25) is 0 Å². The molecule has 0 aromatic carbocycles. The van der Waals surface area contributed by atoms with Crippen LogP contribution in [0, 0.1) is 45.3 Å². The molecular weight excluding hydrogens is 1350 g/mol. The average molecular weight is 1460 g/mol. The van der Waals surface area contributed by atoms with E-state index in [-0.39, 0.29) is 35.5 Å². The molecule has 0 aromatic heterocycles. The van der Waals surface area contributed by atoms with Gasteiger partial charge in [0, 0.05) is 10.8 Å². The van der Waals surface area contributed by atoms with E-state index in [9.17, 15) is 112 Å². The third kappa shape index (κ3) is 15.1. The van der Waals surface area contributed by atoms with Gasteiger partial charge in [-0.15, -0.1) is 0 Å². The molecule has 6 heterocycles. The smallest absolute Gasteiger partial charge is 0.187 e. The molecule has 9 fully saturated rings. The highest BCUT2D eigenvalue weighted by molar-refractivity contribution is 5.32. The lowest BCUT2D eigenvalue weighted by Crippen LogP contribution is -2.66. The lowest BCUT2D eigenvalue weighted by Gasteiger charge is -2.68. The minimum Gasteiger partial charge on any atom is -0.394 e. The Balaban J connectivity index is 0.863. The topological polar surface area (TPSA) is 556 Å². The van der Waals surface area contributed by atoms with E-state index in [1.165, 1.54) is 13.8 Å². The standard InChI is InChI=1S/C67H114O34/c1-9-67-17-16-26(25(2)10-14-38(64(5,6)89)99-62-56(101-60-54(88)48(82)42(76)32(22-71)95-60)50(84)44(78)34(97-62)24-91-58-52(86)46(80)40(74)30(20-69)93-58)65(67,7)18-36(72)66(8)28-12-15-37(63(3,4)27(28)11-13-35(66)67)98-61-55(100-59-53(87)47(81)41(75)31(21-70)94-59)49(83)43(77)33(96-61)23-90-57-51(85)45(79)39(73)29(19-68)92-57/h11,25-26,28-62,68-89H,9-10,12-24H2,1-8H3/t25-,26-,28-,29-,30-,31-,32-,33-,34-,35+,36-,37+,38-,39-,40-,41-,42-,43-,44-,45+,46+,47+,48+,49+,50+,51-,52-,53-,54-,55-,56-,57+,58-,59+,60+,61+,62+,65-,66+,67+/m1/s1. The highest BCUT2D eigenvalue weighted by Gasteiger charge is 2.72. The second kappa shape index (κ2) is 32.1. The van der Waals surface area contributed by atoms with Crippen LogP contribution >= 0.6 is 0 Å². The van der Waals surface area contributed by atoms with Crippen LogP contribution < -0.4 is 0 Å². The predicted molar refractivity (Wildman–Crippen MR) is 337 cm³/mol. The first-order valence-electron chi connectivity index (χ1n) is 35.6. The fourth-order valence-electron chi connectivity index (χ4n) is 19.0. The van der Waals surface area contributed by atoms with Crippen molar-refractivity contribution in [3.8, 4) is 0 Å². The molecule has 0 spiro atoms. The molecule has 0 aromatic rings. The van der Waals surface area contributed by atoms with Crippen molar-refractivity contribution in [1.29, 1.82) is 0 Å². The number of aliphatic hydroxyl groups is 22. The molecule has 6 saturated heterocycles. The third-order valence-electron chi connectivity index (χ3n) is 25.3. The molecule has 22 N–H and O–H groups in total. The van der Waals surface area contributed by atoms with Crippen molar-refractivity contribution >= 4 is 0 Å². The third-order valence-corrected chi connectivity index (χ3v) is 25.3. The lowest BCUT2D eigenvalue weighted by atomic mass is 9.37. The molecule has 586 valence electrons. The van der Waals surface area contributed by atoms with Crippen LogP contribution in [0.15, 0.2) is 11.6 Å². The Morgan fingerprint density at radius 1 is 0.485 bits per heavy atom. The quantitative estimate of drug-likeness (QED) is 0.0399. The number of rotatable bonds is 24. The summed E-state index contributed by atoms with van der Waals surface area (Å²) in [5.41, 5.74) is -2.97. The average Bonchev–Trinajstić information content (AvgIpc) is 1.63. The Hall–Kier alpha value is -1.62. The maximum Gasteiger partial charge on any atom is 0.187 e. The van der Waals surface area contributed by atoms with Gasteiger partial charge >= 0.3 is 0 Å². The van der Waals surface area contributed by atoms with Gasteiger partial charge in [-0.3, -0.25) is 0 Å². The molecule has 10 aliphatic rings. The number of hydrogen-bond donors (Lipinski definition) is 22. The fourth-order valence-corrected chi connectivity index (χ4v) is 19.0. The van der Waals surface area contributed by atoms with Gasteiger partial charge in [-0.25, -0.2) is 0 Å². The normalized spacial score (nSPS) is 51.7. The summed E-state index contributed by atoms with van der Waals surface area (Å²) in [4.78, 5) is 0. The minimum atomic E-state index is -1.99. The van der Waals surface area contributed by atoms with Crippen LogP contribution in [0.5, 0.6) is 0 Å². The summed E-state index contributed by atoms with van der Waals surface area (Å²) in [7, 11) is 0. The van der Waals surface area contributed by atoms with E-state index >= 15 is 0 Å². The first-order valence-corrected chi connectivity index (χ1v) is 35.6. The Morgan fingerprint density at radius 3 is 1.33 bits per heavy atom. The SMILES string of the molecule is CC[C@@]12CC[C@H]([C@H](C)CC[C@@H](O[C@@H]3O[C@H](CO[C@@H]4O[C@H](CO)[C@@H](O)[C@H](O)[C@H]4O)[C@@H](O)[C@H](O)[C@H]3O[C@@H]3O[C@H](CO)[C@@H](O)[C@H](O)[C@H]3O)C(C)(C)O)[C@@]1(C)C[C@@H](O)[C@@]1(C)[C@@H]3CC[C@H](O[C@@H]4O[C@H](CO[C@H]5O[C@H](CO)[C@@H](O)[C@H](O)[C@H]5O)[C@@H](O)[C@H](O)[C@H]4O[C@@H]4O[C@H](CO)[C@@H](O)[C@H](O)[C@H]4O)C(C)(C)C3=CC[C@@H]12. The molecule has 0 unspecified atom stereocenters. The summed E-state index contributed by atoms with van der Waals surface area (Å²) < 4.78 is 72.1. The van der Waals surface area contributed by atoms with Gasteiger partial charge in [0.05, 0.1) is 63.6 Å². The van der Waals surface area contributed by atoms with Crippen LogP contribution in [0.3, 0.4) is 0 Å². The minimum absolute atomic E-state index is 0.0121. The zero-order valence-corrected chi connectivity index (χ0v) is 58.3. The summed E-state index contributed by atoms with van der Waals surface area (Å²) in [6, 6.07) is 0. The van der Waals surface area contributed by atoms with Gasteiger partial charge in [0.25, 0.3) is 0 Å². The Labute approximate surface area is 585 Å². The van der Waals surface area contributed by atoms with Crippen molar-refractivity contribution in [3.05, 3.63) is 11.6 Å². The zero-order chi connectivity index (χ0) is 74.2. The first-order chi connectivity index (χ1) is 47.4. The van der Waals surface area contributed by atoms with Gasteiger partial charge in [-0.1, -0.05) is 53.2 Å². The van der Waals surface area contributed by atoms with E-state index in [1.54, 1.807) is 0 Å². The summed E-state index contributed by atoms with van der Waals surface area (Å²) >= 11 is 0. The van der Waals surface area contributed by atoms with Gasteiger partial charge in [-0.2, -0.15) is 0 Å². The van der Waals surface area contributed by atoms with Crippen molar-refractivity contribution in [2.75, 3.05) is 39.6 Å². The van der Waals surface area contributed by atoms with Gasteiger partial charge in [0.15, 0.2) is 37.7 Å². The second-order valence-electron chi connectivity index (χ2n) is 31.6. The van der Waals surface area contributed by atoms with Crippen molar-refractivity contribution in [2.24, 2.45) is 45.3 Å². The maximum absolute atomic E-state index is 13.1. The number of hydrogen-bond acceptors (Lipinski definition) is 34. The molecular formula is C67H114O34. The molecule has 3 saturated carbocycles. The molecule has 40 atom stereocenters. The predicted octanol–water partition coefficient (Wildman–Crippen LogP) is -7.19. The molecule has 101 heavy (non-hydrogen) atoms. The summed E-state index contributed by atoms with van der Waals surface area (Å²) in [5.74, 6) is -0.301. The molecule has 34 nitrogen and oxygen atoms in total. The van der Waals surface area contributed by atoms with Crippen LogP contribution in [0.25, 0.3) is 0 Å². The van der Waals surface area contributed by atoms with E-state index in [4.69, 9.17) is 56.8 Å². The number of aliphatic hydroxyl groups excluding tert-OH is 21. The van der Waals surface area contributed by atoms with E-state index < -0.39 is 264 Å². The van der Waals surface area contributed by atoms with Crippen LogP contribution in [0.2, 0.25) is 0 Å². The monoisotopic (exact) mass is 1460 g/mol. The summed E-state index contributed by atoms with van der Waals surface area (Å²) in [5, 5.41) is 240. The van der Waals surface area contributed by atoms with Crippen molar-refractivity contribution in [3.63, 3.8) is 0 Å². The summed E-state index contributed by atoms with van der Waals surface area (Å²) in [6.07, 6.45) is -47.9. The molecule has 0 amide bonds. The zero-order valence-electron chi connectivity index (χ0n) is 58.3. The molecule has 4 aliphatic carbocycles. The van der Waals surface area contributed by atoms with E-state index in [0.29, 0.717) is 32.1 Å². The molecule has 6 aliphatic heterocycles. The fraction of sp³-hybridized carbons (Fsp3) is 0.970. The first kappa shape index (κ1) is 81.9. The van der Waals surface area contributed by atoms with Crippen molar-refractivity contribution < 1.29 is 169 Å².